The van der Waals surface area contributed by atoms with Crippen LogP contribution in [-0.4, -0.2) is 33.2 Å². The van der Waals surface area contributed by atoms with Crippen molar-refractivity contribution in [3.63, 3.8) is 0 Å². The number of aliphatic carboxylic acids is 1. The molecule has 3 N–H and O–H groups in total. The molecule has 0 saturated heterocycles. The number of hydrogen-bond donors (Lipinski definition) is 2. The minimum absolute atomic E-state index is 0.0353. The van der Waals surface area contributed by atoms with E-state index in [1.54, 1.807) is 24.3 Å². The fourth-order valence-electron chi connectivity index (χ4n) is 2.17. The van der Waals surface area contributed by atoms with Crippen LogP contribution in [0.2, 0.25) is 0 Å². The van der Waals surface area contributed by atoms with Gasteiger partial charge in [-0.25, -0.2) is 4.79 Å². The number of carboxylic acids is 1. The zero-order chi connectivity index (χ0) is 19.5. The van der Waals surface area contributed by atoms with Gasteiger partial charge in [0.2, 0.25) is 0 Å². The predicted octanol–water partition coefficient (Wildman–Crippen LogP) is 2.91. The summed E-state index contributed by atoms with van der Waals surface area (Å²) in [6.45, 7) is 1.54. The van der Waals surface area contributed by atoms with Crippen LogP contribution < -0.4 is 5.73 Å². The summed E-state index contributed by atoms with van der Waals surface area (Å²) in [5, 5.41) is 11.1. The number of nitrogens with zero attached hydrogens (tertiary/aromatic N) is 2. The molecule has 1 aliphatic rings. The highest BCUT2D eigenvalue weighted by atomic mass is 19.4. The second-order valence-electron chi connectivity index (χ2n) is 5.87. The van der Waals surface area contributed by atoms with Gasteiger partial charge in [-0.05, 0) is 38.3 Å². The van der Waals surface area contributed by atoms with Gasteiger partial charge in [-0.3, -0.25) is 4.79 Å². The van der Waals surface area contributed by atoms with Crippen molar-refractivity contribution < 1.29 is 32.4 Å². The SMILES string of the molecule is CC(=O)c1ccc(-c2nc(C3(N)CCC3)no2)cc1.O=C(O)C(F)(F)F. The average molecular weight is 371 g/mol. The molecular formula is C16H16F3N3O4. The molecule has 10 heteroatoms. The molecule has 0 unspecified atom stereocenters. The van der Waals surface area contributed by atoms with Crippen LogP contribution in [0.1, 0.15) is 42.4 Å². The van der Waals surface area contributed by atoms with Crippen LogP contribution in [0.15, 0.2) is 28.8 Å². The van der Waals surface area contributed by atoms with Crippen LogP contribution in [0, 0.1) is 0 Å². The summed E-state index contributed by atoms with van der Waals surface area (Å²) < 4.78 is 37.0. The normalized spacial score (nSPS) is 15.4. The number of carboxylic acid groups (broad SMARTS) is 1. The Bertz CT molecular complexity index is 796. The molecular weight excluding hydrogens is 355 g/mol. The highest BCUT2D eigenvalue weighted by molar-refractivity contribution is 5.94. The fourth-order valence-corrected chi connectivity index (χ4v) is 2.17. The number of nitrogens with two attached hydrogens (primary N) is 1. The third-order valence-electron chi connectivity index (χ3n) is 3.90. The first kappa shape index (κ1) is 19.6. The highest BCUT2D eigenvalue weighted by Gasteiger charge is 2.39. The second-order valence-corrected chi connectivity index (χ2v) is 5.87. The number of rotatable bonds is 3. The summed E-state index contributed by atoms with van der Waals surface area (Å²) in [6.07, 6.45) is -2.18. The smallest absolute Gasteiger partial charge is 0.475 e. The first-order valence-corrected chi connectivity index (χ1v) is 7.57. The van der Waals surface area contributed by atoms with Gasteiger partial charge < -0.3 is 15.4 Å². The molecule has 1 aromatic heterocycles. The quantitative estimate of drug-likeness (QED) is 0.796. The minimum atomic E-state index is -5.08. The zero-order valence-corrected chi connectivity index (χ0v) is 13.7. The van der Waals surface area contributed by atoms with Crippen LogP contribution in [-0.2, 0) is 10.3 Å². The summed E-state index contributed by atoms with van der Waals surface area (Å²) in [5.74, 6) is -1.70. The van der Waals surface area contributed by atoms with Gasteiger partial charge in [-0.2, -0.15) is 18.2 Å². The summed E-state index contributed by atoms with van der Waals surface area (Å²) in [4.78, 5) is 24.5. The van der Waals surface area contributed by atoms with Crippen molar-refractivity contribution in [3.8, 4) is 11.5 Å². The van der Waals surface area contributed by atoms with E-state index in [1.165, 1.54) is 6.92 Å². The number of hydrogen-bond acceptors (Lipinski definition) is 6. The van der Waals surface area contributed by atoms with Crippen LogP contribution in [0.25, 0.3) is 11.5 Å². The summed E-state index contributed by atoms with van der Waals surface area (Å²) in [7, 11) is 0. The predicted molar refractivity (Wildman–Crippen MR) is 83.1 cm³/mol. The first-order valence-electron chi connectivity index (χ1n) is 7.57. The molecule has 0 radical (unpaired) electrons. The van der Waals surface area contributed by atoms with Crippen molar-refractivity contribution in [2.24, 2.45) is 5.73 Å². The molecule has 2 aromatic rings. The Morgan fingerprint density at radius 2 is 1.77 bits per heavy atom. The van der Waals surface area contributed by atoms with Gasteiger partial charge >= 0.3 is 12.1 Å². The Hall–Kier alpha value is -2.75. The number of aromatic nitrogens is 2. The lowest BCUT2D eigenvalue weighted by Gasteiger charge is -2.34. The zero-order valence-electron chi connectivity index (χ0n) is 13.7. The summed E-state index contributed by atoms with van der Waals surface area (Å²) in [6, 6.07) is 7.11. The number of alkyl halides is 3. The Balaban J connectivity index is 0.000000298. The van der Waals surface area contributed by atoms with Crippen LogP contribution in [0.3, 0.4) is 0 Å². The molecule has 1 fully saturated rings. The molecule has 0 amide bonds. The lowest BCUT2D eigenvalue weighted by Crippen LogP contribution is -2.44. The molecule has 1 aliphatic carbocycles. The summed E-state index contributed by atoms with van der Waals surface area (Å²) >= 11 is 0. The molecule has 26 heavy (non-hydrogen) atoms. The van der Waals surface area contributed by atoms with Crippen molar-refractivity contribution in [3.05, 3.63) is 35.7 Å². The molecule has 1 heterocycles. The van der Waals surface area contributed by atoms with E-state index in [4.69, 9.17) is 20.2 Å². The summed E-state index contributed by atoms with van der Waals surface area (Å²) in [5.41, 5.74) is 7.20. The number of carbonyl (C=O) groups excluding carboxylic acids is 1. The average Bonchev–Trinajstić information content (AvgIpc) is 3.02. The Labute approximate surface area is 146 Å². The van der Waals surface area contributed by atoms with Crippen LogP contribution in [0.4, 0.5) is 13.2 Å². The van der Waals surface area contributed by atoms with Gasteiger partial charge in [-0.1, -0.05) is 17.3 Å². The Morgan fingerprint density at radius 3 is 2.15 bits per heavy atom. The van der Waals surface area contributed by atoms with Crippen molar-refractivity contribution in [2.45, 2.75) is 37.9 Å². The second kappa shape index (κ2) is 7.24. The lowest BCUT2D eigenvalue weighted by molar-refractivity contribution is -0.192. The van der Waals surface area contributed by atoms with E-state index in [0.717, 1.165) is 24.8 Å². The Morgan fingerprint density at radius 1 is 1.23 bits per heavy atom. The monoisotopic (exact) mass is 371 g/mol. The standard InChI is InChI=1S/C14H15N3O2.C2HF3O2/c1-9(18)10-3-5-11(6-4-10)12-16-13(17-19-12)14(15)7-2-8-14;3-2(4,5)1(6)7/h3-6H,2,7-8,15H2,1H3;(H,6,7). The first-order chi connectivity index (χ1) is 12.0. The van der Waals surface area contributed by atoms with E-state index in [1.807, 2.05) is 0 Å². The number of ketones is 1. The molecule has 0 atom stereocenters. The molecule has 7 nitrogen and oxygen atoms in total. The van der Waals surface area contributed by atoms with Crippen molar-refractivity contribution in [1.82, 2.24) is 10.1 Å². The maximum absolute atomic E-state index is 11.2. The number of benzene rings is 1. The largest absolute Gasteiger partial charge is 0.490 e. The number of halogens is 3. The van der Waals surface area contributed by atoms with E-state index in [2.05, 4.69) is 10.1 Å². The highest BCUT2D eigenvalue weighted by Crippen LogP contribution is 2.37. The lowest BCUT2D eigenvalue weighted by atomic mass is 9.77. The fraction of sp³-hybridized carbons (Fsp3) is 0.375. The van der Waals surface area contributed by atoms with E-state index in [0.29, 0.717) is 17.3 Å². The van der Waals surface area contributed by atoms with Gasteiger partial charge in [0.25, 0.3) is 5.89 Å². The van der Waals surface area contributed by atoms with Gasteiger partial charge in [0, 0.05) is 11.1 Å². The topological polar surface area (TPSA) is 119 Å². The number of Topliss-reactive ketones (excluding diaryl/α,β-unsaturated/α-hetero) is 1. The third-order valence-corrected chi connectivity index (χ3v) is 3.90. The van der Waals surface area contributed by atoms with Crippen LogP contribution >= 0.6 is 0 Å². The van der Waals surface area contributed by atoms with E-state index >= 15 is 0 Å². The van der Waals surface area contributed by atoms with Crippen molar-refractivity contribution in [2.75, 3.05) is 0 Å². The molecule has 140 valence electrons. The molecule has 0 bridgehead atoms. The van der Waals surface area contributed by atoms with E-state index < -0.39 is 17.7 Å². The number of carbonyl (C=O) groups is 2. The molecule has 0 aliphatic heterocycles. The van der Waals surface area contributed by atoms with Gasteiger partial charge in [0.05, 0.1) is 5.54 Å². The van der Waals surface area contributed by atoms with Crippen molar-refractivity contribution in [1.29, 1.82) is 0 Å². The van der Waals surface area contributed by atoms with Crippen molar-refractivity contribution >= 4 is 11.8 Å². The molecule has 1 saturated carbocycles. The molecule has 0 spiro atoms. The van der Waals surface area contributed by atoms with E-state index in [9.17, 15) is 18.0 Å². The minimum Gasteiger partial charge on any atom is -0.475 e. The van der Waals surface area contributed by atoms with Gasteiger partial charge in [0.1, 0.15) is 0 Å². The van der Waals surface area contributed by atoms with E-state index in [-0.39, 0.29) is 5.78 Å². The van der Waals surface area contributed by atoms with Gasteiger partial charge in [0.15, 0.2) is 11.6 Å². The molecule has 3 rings (SSSR count). The molecule has 1 aromatic carbocycles. The van der Waals surface area contributed by atoms with Gasteiger partial charge in [-0.15, -0.1) is 0 Å². The third kappa shape index (κ3) is 4.45. The Kier molecular flexibility index (Phi) is 5.45. The maximum atomic E-state index is 11.2. The van der Waals surface area contributed by atoms with Crippen LogP contribution in [0.5, 0.6) is 0 Å². The maximum Gasteiger partial charge on any atom is 0.490 e.